The van der Waals surface area contributed by atoms with Crippen molar-refractivity contribution in [3.8, 4) is 11.3 Å². The van der Waals surface area contributed by atoms with Crippen molar-refractivity contribution in [3.05, 3.63) is 87.4 Å². The Morgan fingerprint density at radius 2 is 1.70 bits per heavy atom. The summed E-state index contributed by atoms with van der Waals surface area (Å²) >= 11 is 4.38. The fraction of sp³-hybridized carbons (Fsp3) is 0.0476. The number of rotatable bonds is 4. The fourth-order valence-electron chi connectivity index (χ4n) is 2.75. The van der Waals surface area contributed by atoms with Crippen LogP contribution in [0, 0.1) is 0 Å². The largest absolute Gasteiger partial charge is 0.457 e. The highest BCUT2D eigenvalue weighted by molar-refractivity contribution is 9.10. The van der Waals surface area contributed by atoms with Gasteiger partial charge in [0.25, 0.3) is 11.1 Å². The Labute approximate surface area is 169 Å². The molecule has 0 atom stereocenters. The van der Waals surface area contributed by atoms with Crippen LogP contribution in [0.4, 0.5) is 4.79 Å². The van der Waals surface area contributed by atoms with Crippen LogP contribution in [0.1, 0.15) is 11.3 Å². The van der Waals surface area contributed by atoms with E-state index in [1.807, 2.05) is 60.7 Å². The molecule has 0 saturated carbocycles. The molecule has 1 saturated heterocycles. The third-order valence-corrected chi connectivity index (χ3v) is 5.80. The average molecular weight is 440 g/mol. The van der Waals surface area contributed by atoms with Crippen LogP contribution in [0.15, 0.2) is 80.5 Å². The summed E-state index contributed by atoms with van der Waals surface area (Å²) < 4.78 is 6.68. The van der Waals surface area contributed by atoms with Crippen LogP contribution in [0.2, 0.25) is 0 Å². The number of hydrogen-bond donors (Lipinski definition) is 0. The molecule has 1 aliphatic rings. The van der Waals surface area contributed by atoms with Gasteiger partial charge in [-0.05, 0) is 35.5 Å². The van der Waals surface area contributed by atoms with Crippen molar-refractivity contribution in [1.29, 1.82) is 0 Å². The Morgan fingerprint density at radius 1 is 0.963 bits per heavy atom. The molecule has 2 amide bonds. The molecule has 1 fully saturated rings. The molecule has 0 spiro atoms. The molecule has 1 aliphatic heterocycles. The molecular weight excluding hydrogens is 426 g/mol. The van der Waals surface area contributed by atoms with Gasteiger partial charge in [-0.15, -0.1) is 0 Å². The molecule has 0 unspecified atom stereocenters. The first-order chi connectivity index (χ1) is 13.1. The molecule has 1 aromatic heterocycles. The van der Waals surface area contributed by atoms with Gasteiger partial charge >= 0.3 is 0 Å². The lowest BCUT2D eigenvalue weighted by atomic mass is 10.2. The number of hydrogen-bond acceptors (Lipinski definition) is 4. The van der Waals surface area contributed by atoms with E-state index in [0.29, 0.717) is 16.4 Å². The Hall–Kier alpha value is -2.57. The zero-order chi connectivity index (χ0) is 18.8. The van der Waals surface area contributed by atoms with Gasteiger partial charge in [-0.25, -0.2) is 0 Å². The second kappa shape index (κ2) is 7.58. The van der Waals surface area contributed by atoms with E-state index in [1.54, 1.807) is 12.1 Å². The minimum Gasteiger partial charge on any atom is -0.457 e. The Morgan fingerprint density at radius 3 is 2.48 bits per heavy atom. The molecule has 27 heavy (non-hydrogen) atoms. The van der Waals surface area contributed by atoms with Gasteiger partial charge in [-0.3, -0.25) is 14.5 Å². The maximum Gasteiger partial charge on any atom is 0.293 e. The lowest BCUT2D eigenvalue weighted by Crippen LogP contribution is -2.27. The number of carbonyl (C=O) groups is 2. The molecule has 6 heteroatoms. The van der Waals surface area contributed by atoms with Crippen molar-refractivity contribution < 1.29 is 14.0 Å². The van der Waals surface area contributed by atoms with Crippen LogP contribution in [-0.2, 0) is 11.3 Å². The summed E-state index contributed by atoms with van der Waals surface area (Å²) in [5, 5.41) is -0.281. The maximum atomic E-state index is 12.7. The summed E-state index contributed by atoms with van der Waals surface area (Å²) in [5.41, 5.74) is 1.84. The number of benzene rings is 2. The summed E-state index contributed by atoms with van der Waals surface area (Å²) in [6.45, 7) is 0.233. The van der Waals surface area contributed by atoms with E-state index in [9.17, 15) is 9.59 Å². The Kier molecular flexibility index (Phi) is 5.01. The average Bonchev–Trinajstić information content (AvgIpc) is 3.25. The second-order valence-electron chi connectivity index (χ2n) is 5.93. The number of furan rings is 1. The highest BCUT2D eigenvalue weighted by atomic mass is 79.9. The summed E-state index contributed by atoms with van der Waals surface area (Å²) in [5.74, 6) is 0.952. The topological polar surface area (TPSA) is 50.5 Å². The van der Waals surface area contributed by atoms with Crippen molar-refractivity contribution in [1.82, 2.24) is 4.90 Å². The van der Waals surface area contributed by atoms with Gasteiger partial charge in [0.15, 0.2) is 0 Å². The first-order valence-corrected chi connectivity index (χ1v) is 9.87. The first-order valence-electron chi connectivity index (χ1n) is 8.26. The van der Waals surface area contributed by atoms with Crippen molar-refractivity contribution >= 4 is 44.9 Å². The molecule has 134 valence electrons. The van der Waals surface area contributed by atoms with Crippen LogP contribution in [0.5, 0.6) is 0 Å². The third kappa shape index (κ3) is 3.77. The molecule has 0 N–H and O–H groups in total. The third-order valence-electron chi connectivity index (χ3n) is 4.12. The Balaban J connectivity index is 1.55. The van der Waals surface area contributed by atoms with E-state index < -0.39 is 0 Å². The molecule has 0 aliphatic carbocycles. The highest BCUT2D eigenvalue weighted by Crippen LogP contribution is 2.35. The minimum atomic E-state index is -0.307. The number of nitrogens with zero attached hydrogens (tertiary/aromatic N) is 1. The fourth-order valence-corrected chi connectivity index (χ4v) is 3.98. The van der Waals surface area contributed by atoms with E-state index in [1.165, 1.54) is 4.90 Å². The van der Waals surface area contributed by atoms with Gasteiger partial charge in [-0.2, -0.15) is 0 Å². The van der Waals surface area contributed by atoms with Crippen molar-refractivity contribution in [2.75, 3.05) is 0 Å². The first kappa shape index (κ1) is 17.8. The van der Waals surface area contributed by atoms with Gasteiger partial charge in [0.2, 0.25) is 0 Å². The zero-order valence-corrected chi connectivity index (χ0v) is 16.5. The van der Waals surface area contributed by atoms with Crippen LogP contribution >= 0.6 is 27.7 Å². The van der Waals surface area contributed by atoms with Crippen molar-refractivity contribution in [3.63, 3.8) is 0 Å². The molecule has 2 aromatic carbocycles. The minimum absolute atomic E-state index is 0.233. The van der Waals surface area contributed by atoms with Crippen LogP contribution in [-0.4, -0.2) is 16.0 Å². The summed E-state index contributed by atoms with van der Waals surface area (Å²) in [6, 6.07) is 20.9. The lowest BCUT2D eigenvalue weighted by Gasteiger charge is -2.13. The summed E-state index contributed by atoms with van der Waals surface area (Å²) in [4.78, 5) is 26.6. The lowest BCUT2D eigenvalue weighted by molar-refractivity contribution is -0.123. The van der Waals surface area contributed by atoms with Crippen LogP contribution in [0.25, 0.3) is 17.4 Å². The van der Waals surface area contributed by atoms with E-state index >= 15 is 0 Å². The molecule has 0 radical (unpaired) electrons. The predicted molar refractivity (Wildman–Crippen MR) is 110 cm³/mol. The number of amides is 2. The number of halogens is 1. The van der Waals surface area contributed by atoms with E-state index in [2.05, 4.69) is 15.9 Å². The quantitative estimate of drug-likeness (QED) is 0.471. The number of imide groups is 1. The van der Waals surface area contributed by atoms with Gasteiger partial charge in [0.05, 0.1) is 11.4 Å². The van der Waals surface area contributed by atoms with E-state index in [4.69, 9.17) is 4.42 Å². The molecule has 4 rings (SSSR count). The predicted octanol–water partition coefficient (Wildman–Crippen LogP) is 5.95. The standard InChI is InChI=1S/C21H14BrNO3S/c22-17-9-5-4-8-15(17)13-23-20(24)19(27-21(23)25)12-16-10-11-18(26-16)14-6-2-1-3-7-14/h1-12H,13H2/b19-12-. The van der Waals surface area contributed by atoms with E-state index in [0.717, 1.165) is 27.4 Å². The SMILES string of the molecule is O=C1S/C(=C\c2ccc(-c3ccccc3)o2)C(=O)N1Cc1ccccc1Br. The van der Waals surface area contributed by atoms with Gasteiger partial charge < -0.3 is 4.42 Å². The summed E-state index contributed by atoms with van der Waals surface area (Å²) in [6.07, 6.45) is 1.62. The normalized spacial score (nSPS) is 15.7. The maximum absolute atomic E-state index is 12.7. The smallest absolute Gasteiger partial charge is 0.293 e. The summed E-state index contributed by atoms with van der Waals surface area (Å²) in [7, 11) is 0. The number of carbonyl (C=O) groups excluding carboxylic acids is 2. The molecule has 4 nitrogen and oxygen atoms in total. The Bertz CT molecular complexity index is 1040. The van der Waals surface area contributed by atoms with Gasteiger partial charge in [0, 0.05) is 16.1 Å². The second-order valence-corrected chi connectivity index (χ2v) is 7.77. The van der Waals surface area contributed by atoms with Gasteiger partial charge in [0.1, 0.15) is 11.5 Å². The molecular formula is C21H14BrNO3S. The molecule has 2 heterocycles. The molecule has 3 aromatic rings. The van der Waals surface area contributed by atoms with Crippen molar-refractivity contribution in [2.24, 2.45) is 0 Å². The molecule has 0 bridgehead atoms. The van der Waals surface area contributed by atoms with Crippen LogP contribution < -0.4 is 0 Å². The van der Waals surface area contributed by atoms with Crippen molar-refractivity contribution in [2.45, 2.75) is 6.54 Å². The van der Waals surface area contributed by atoms with Crippen LogP contribution in [0.3, 0.4) is 0 Å². The number of thioether (sulfide) groups is 1. The zero-order valence-electron chi connectivity index (χ0n) is 14.1. The monoisotopic (exact) mass is 439 g/mol. The van der Waals surface area contributed by atoms with Gasteiger partial charge in [-0.1, -0.05) is 64.5 Å². The highest BCUT2D eigenvalue weighted by Gasteiger charge is 2.35. The van der Waals surface area contributed by atoms with E-state index in [-0.39, 0.29) is 17.7 Å².